The first-order chi connectivity index (χ1) is 8.82. The normalized spacial score (nSPS) is 28.9. The van der Waals surface area contributed by atoms with E-state index in [1.165, 1.54) is 7.11 Å². The number of hydrogen-bond acceptors (Lipinski definition) is 4. The fourth-order valence-electron chi connectivity index (χ4n) is 3.04. The van der Waals surface area contributed by atoms with Crippen LogP contribution in [0.4, 0.5) is 0 Å². The van der Waals surface area contributed by atoms with Crippen LogP contribution in [-0.4, -0.2) is 43.2 Å². The molecule has 0 aromatic carbocycles. The molecular weight excluding hydrogens is 240 g/mol. The summed E-state index contributed by atoms with van der Waals surface area (Å²) in [6.07, 6.45) is 3.79. The lowest BCUT2D eigenvalue weighted by Crippen LogP contribution is -2.52. The summed E-state index contributed by atoms with van der Waals surface area (Å²) < 4.78 is 4.88. The van der Waals surface area contributed by atoms with Gasteiger partial charge in [0.15, 0.2) is 0 Å². The van der Waals surface area contributed by atoms with Gasteiger partial charge in [-0.1, -0.05) is 20.3 Å². The Morgan fingerprint density at radius 3 is 2.63 bits per heavy atom. The minimum absolute atomic E-state index is 0.241. The van der Waals surface area contributed by atoms with Crippen molar-refractivity contribution in [3.05, 3.63) is 0 Å². The lowest BCUT2D eigenvalue weighted by molar-refractivity contribution is -0.148. The number of esters is 1. The van der Waals surface area contributed by atoms with Gasteiger partial charge in [0, 0.05) is 6.04 Å². The molecular formula is C15H30N2O2. The van der Waals surface area contributed by atoms with Crippen LogP contribution in [0.25, 0.3) is 0 Å². The molecule has 0 amide bonds. The van der Waals surface area contributed by atoms with Gasteiger partial charge < -0.3 is 15.4 Å². The van der Waals surface area contributed by atoms with Crippen molar-refractivity contribution in [2.75, 3.05) is 20.7 Å². The van der Waals surface area contributed by atoms with E-state index < -0.39 is 5.54 Å². The number of methoxy groups -OCH3 is 1. The van der Waals surface area contributed by atoms with Gasteiger partial charge in [0.1, 0.15) is 5.54 Å². The van der Waals surface area contributed by atoms with Crippen LogP contribution in [0, 0.1) is 11.8 Å². The molecule has 1 aliphatic rings. The van der Waals surface area contributed by atoms with E-state index >= 15 is 0 Å². The Morgan fingerprint density at radius 1 is 1.47 bits per heavy atom. The van der Waals surface area contributed by atoms with E-state index in [2.05, 4.69) is 32.7 Å². The molecule has 3 atom stereocenters. The van der Waals surface area contributed by atoms with Crippen LogP contribution in [0.3, 0.4) is 0 Å². The largest absolute Gasteiger partial charge is 0.468 e. The van der Waals surface area contributed by atoms with Crippen molar-refractivity contribution in [1.82, 2.24) is 4.90 Å². The molecule has 0 aromatic rings. The van der Waals surface area contributed by atoms with Crippen LogP contribution in [0.15, 0.2) is 0 Å². The van der Waals surface area contributed by atoms with Crippen molar-refractivity contribution in [1.29, 1.82) is 0 Å². The molecule has 112 valence electrons. The van der Waals surface area contributed by atoms with E-state index in [1.807, 2.05) is 0 Å². The van der Waals surface area contributed by atoms with Crippen molar-refractivity contribution < 1.29 is 9.53 Å². The van der Waals surface area contributed by atoms with Gasteiger partial charge >= 0.3 is 5.97 Å². The van der Waals surface area contributed by atoms with Crippen LogP contribution in [-0.2, 0) is 9.53 Å². The molecule has 0 radical (unpaired) electrons. The molecule has 1 aliphatic carbocycles. The second-order valence-electron chi connectivity index (χ2n) is 6.38. The van der Waals surface area contributed by atoms with Crippen LogP contribution in [0.2, 0.25) is 0 Å². The van der Waals surface area contributed by atoms with Crippen LogP contribution >= 0.6 is 0 Å². The van der Waals surface area contributed by atoms with E-state index in [0.29, 0.717) is 12.0 Å². The summed E-state index contributed by atoms with van der Waals surface area (Å²) in [4.78, 5) is 14.2. The maximum Gasteiger partial charge on any atom is 0.326 e. The highest BCUT2D eigenvalue weighted by Gasteiger charge is 2.46. The first-order valence-corrected chi connectivity index (χ1v) is 7.40. The molecule has 0 spiro atoms. The predicted molar refractivity (Wildman–Crippen MR) is 77.8 cm³/mol. The molecule has 0 heterocycles. The highest BCUT2D eigenvalue weighted by Crippen LogP contribution is 2.37. The summed E-state index contributed by atoms with van der Waals surface area (Å²) in [5.74, 6) is 0.646. The third-order valence-corrected chi connectivity index (χ3v) is 4.93. The summed E-state index contributed by atoms with van der Waals surface area (Å²) >= 11 is 0. The smallest absolute Gasteiger partial charge is 0.326 e. The maximum absolute atomic E-state index is 11.9. The van der Waals surface area contributed by atoms with Crippen LogP contribution < -0.4 is 5.73 Å². The second-order valence-corrected chi connectivity index (χ2v) is 6.38. The molecule has 1 rings (SSSR count). The van der Waals surface area contributed by atoms with Crippen molar-refractivity contribution in [3.63, 3.8) is 0 Å². The summed E-state index contributed by atoms with van der Waals surface area (Å²) in [5, 5.41) is 0. The molecule has 0 aromatic heterocycles. The fourth-order valence-corrected chi connectivity index (χ4v) is 3.04. The van der Waals surface area contributed by atoms with Gasteiger partial charge in [-0.05, 0) is 51.6 Å². The van der Waals surface area contributed by atoms with Gasteiger partial charge in [-0.25, -0.2) is 0 Å². The molecule has 19 heavy (non-hydrogen) atoms. The van der Waals surface area contributed by atoms with Crippen LogP contribution in [0.1, 0.15) is 46.5 Å². The lowest BCUT2D eigenvalue weighted by atomic mass is 9.85. The first kappa shape index (κ1) is 16.4. The standard InChI is InChI=1S/C15H30N2O2/c1-11(2)12(3)17(4)10-8-13-7-6-9-15(13,16)14(18)19-5/h11-13H,6-10,16H2,1-5H3. The molecule has 3 unspecified atom stereocenters. The summed E-state index contributed by atoms with van der Waals surface area (Å²) in [6, 6.07) is 0.548. The molecule has 2 N–H and O–H groups in total. The highest BCUT2D eigenvalue weighted by atomic mass is 16.5. The summed E-state index contributed by atoms with van der Waals surface area (Å²) in [5.41, 5.74) is 5.53. The maximum atomic E-state index is 11.9. The number of nitrogens with zero attached hydrogens (tertiary/aromatic N) is 1. The Bertz CT molecular complexity index is 307. The lowest BCUT2D eigenvalue weighted by Gasteiger charge is -2.32. The molecule has 1 saturated carbocycles. The van der Waals surface area contributed by atoms with Gasteiger partial charge in [0.2, 0.25) is 0 Å². The van der Waals surface area contributed by atoms with Crippen molar-refractivity contribution in [2.24, 2.45) is 17.6 Å². The SMILES string of the molecule is COC(=O)C1(N)CCCC1CCN(C)C(C)C(C)C. The van der Waals surface area contributed by atoms with Gasteiger partial charge in [0.05, 0.1) is 7.11 Å². The summed E-state index contributed by atoms with van der Waals surface area (Å²) in [6.45, 7) is 7.70. The average molecular weight is 270 g/mol. The topological polar surface area (TPSA) is 55.6 Å². The molecule has 1 fully saturated rings. The summed E-state index contributed by atoms with van der Waals surface area (Å²) in [7, 11) is 3.58. The highest BCUT2D eigenvalue weighted by molar-refractivity contribution is 5.81. The number of carbonyl (C=O) groups is 1. The number of carbonyl (C=O) groups excluding carboxylic acids is 1. The Hall–Kier alpha value is -0.610. The minimum Gasteiger partial charge on any atom is -0.468 e. The zero-order chi connectivity index (χ0) is 14.6. The number of rotatable bonds is 6. The minimum atomic E-state index is -0.753. The third kappa shape index (κ3) is 3.69. The quantitative estimate of drug-likeness (QED) is 0.750. The molecule has 0 bridgehead atoms. The van der Waals surface area contributed by atoms with E-state index in [-0.39, 0.29) is 11.9 Å². The van der Waals surface area contributed by atoms with Crippen molar-refractivity contribution in [2.45, 2.75) is 58.0 Å². The van der Waals surface area contributed by atoms with Gasteiger partial charge in [-0.15, -0.1) is 0 Å². The molecule has 4 nitrogen and oxygen atoms in total. The third-order valence-electron chi connectivity index (χ3n) is 4.93. The molecule has 0 aliphatic heterocycles. The zero-order valence-corrected chi connectivity index (χ0v) is 13.1. The monoisotopic (exact) mass is 270 g/mol. The van der Waals surface area contributed by atoms with Gasteiger partial charge in [0.25, 0.3) is 0 Å². The fraction of sp³-hybridized carbons (Fsp3) is 0.933. The van der Waals surface area contributed by atoms with Gasteiger partial charge in [-0.2, -0.15) is 0 Å². The molecule has 4 heteroatoms. The van der Waals surface area contributed by atoms with E-state index in [4.69, 9.17) is 10.5 Å². The van der Waals surface area contributed by atoms with E-state index in [1.54, 1.807) is 0 Å². The van der Waals surface area contributed by atoms with Crippen molar-refractivity contribution in [3.8, 4) is 0 Å². The Balaban J connectivity index is 2.55. The number of ether oxygens (including phenoxy) is 1. The number of nitrogens with two attached hydrogens (primary N) is 1. The zero-order valence-electron chi connectivity index (χ0n) is 13.1. The second kappa shape index (κ2) is 6.71. The molecule has 0 saturated heterocycles. The average Bonchev–Trinajstić information content (AvgIpc) is 2.76. The Kier molecular flexibility index (Phi) is 5.81. The van der Waals surface area contributed by atoms with Crippen LogP contribution in [0.5, 0.6) is 0 Å². The Morgan fingerprint density at radius 2 is 2.11 bits per heavy atom. The first-order valence-electron chi connectivity index (χ1n) is 7.40. The predicted octanol–water partition coefficient (Wildman–Crippen LogP) is 2.02. The Labute approximate surface area is 117 Å². The number of hydrogen-bond donors (Lipinski definition) is 1. The van der Waals surface area contributed by atoms with E-state index in [9.17, 15) is 4.79 Å². The van der Waals surface area contributed by atoms with Gasteiger partial charge in [-0.3, -0.25) is 4.79 Å². The van der Waals surface area contributed by atoms with E-state index in [0.717, 1.165) is 32.2 Å². The van der Waals surface area contributed by atoms with Crippen molar-refractivity contribution >= 4 is 5.97 Å².